The molecule has 3 amide bonds. The van der Waals surface area contributed by atoms with Gasteiger partial charge in [0.1, 0.15) is 5.82 Å². The summed E-state index contributed by atoms with van der Waals surface area (Å²) in [5, 5.41) is 0. The summed E-state index contributed by atoms with van der Waals surface area (Å²) in [6.07, 6.45) is 5.60. The summed E-state index contributed by atoms with van der Waals surface area (Å²) in [6, 6.07) is 9.31. The predicted octanol–water partition coefficient (Wildman–Crippen LogP) is 3.05. The first kappa shape index (κ1) is 19.9. The van der Waals surface area contributed by atoms with Crippen molar-refractivity contribution >= 4 is 23.4 Å². The molecular formula is C23H27N5O2. The lowest BCUT2D eigenvalue weighted by atomic mass is 10.1. The SMILES string of the molecule is Cc1cnc(N2CCN(C(=O)c3ccc(N4C=CCN(C)C4=O)cc3)CC2)c(C)c1. The molecule has 0 aliphatic carbocycles. The largest absolute Gasteiger partial charge is 0.353 e. The lowest BCUT2D eigenvalue weighted by Crippen LogP contribution is -2.49. The Bertz CT molecular complexity index is 978. The zero-order valence-electron chi connectivity index (χ0n) is 17.7. The number of carbonyl (C=O) groups is 2. The molecule has 156 valence electrons. The third-order valence-corrected chi connectivity index (χ3v) is 5.61. The number of carbonyl (C=O) groups excluding carboxylic acids is 2. The van der Waals surface area contributed by atoms with Crippen molar-refractivity contribution in [3.63, 3.8) is 0 Å². The summed E-state index contributed by atoms with van der Waals surface area (Å²) in [5.74, 6) is 1.02. The Morgan fingerprint density at radius 3 is 2.40 bits per heavy atom. The summed E-state index contributed by atoms with van der Waals surface area (Å²) < 4.78 is 0. The molecule has 1 saturated heterocycles. The molecule has 4 rings (SSSR count). The second-order valence-corrected chi connectivity index (χ2v) is 7.90. The van der Waals surface area contributed by atoms with Gasteiger partial charge in [0, 0.05) is 57.7 Å². The molecule has 2 aliphatic rings. The predicted molar refractivity (Wildman–Crippen MR) is 118 cm³/mol. The number of anilines is 2. The fourth-order valence-electron chi connectivity index (χ4n) is 3.94. The average Bonchev–Trinajstić information content (AvgIpc) is 2.76. The number of rotatable bonds is 3. The van der Waals surface area contributed by atoms with Gasteiger partial charge in [-0.1, -0.05) is 6.07 Å². The Balaban J connectivity index is 1.40. The Morgan fingerprint density at radius 2 is 1.73 bits per heavy atom. The van der Waals surface area contributed by atoms with Crippen LogP contribution in [-0.4, -0.2) is 66.5 Å². The monoisotopic (exact) mass is 405 g/mol. The average molecular weight is 406 g/mol. The van der Waals surface area contributed by atoms with Crippen LogP contribution < -0.4 is 9.80 Å². The van der Waals surface area contributed by atoms with Crippen molar-refractivity contribution in [2.24, 2.45) is 0 Å². The molecule has 0 saturated carbocycles. The molecule has 1 aromatic carbocycles. The number of pyridine rings is 1. The van der Waals surface area contributed by atoms with E-state index in [4.69, 9.17) is 0 Å². The van der Waals surface area contributed by atoms with E-state index >= 15 is 0 Å². The van der Waals surface area contributed by atoms with E-state index < -0.39 is 0 Å². The first-order valence-corrected chi connectivity index (χ1v) is 10.2. The molecule has 30 heavy (non-hydrogen) atoms. The van der Waals surface area contributed by atoms with Crippen molar-refractivity contribution in [3.05, 3.63) is 65.5 Å². The maximum atomic E-state index is 12.9. The number of benzene rings is 1. The minimum atomic E-state index is -0.0762. The van der Waals surface area contributed by atoms with Crippen LogP contribution in [0.3, 0.4) is 0 Å². The van der Waals surface area contributed by atoms with Crippen molar-refractivity contribution in [2.45, 2.75) is 13.8 Å². The van der Waals surface area contributed by atoms with Crippen LogP contribution >= 0.6 is 0 Å². The van der Waals surface area contributed by atoms with Crippen LogP contribution in [0.15, 0.2) is 48.8 Å². The van der Waals surface area contributed by atoms with Gasteiger partial charge in [0.2, 0.25) is 0 Å². The highest BCUT2D eigenvalue weighted by Crippen LogP contribution is 2.22. The van der Waals surface area contributed by atoms with Gasteiger partial charge >= 0.3 is 6.03 Å². The number of aromatic nitrogens is 1. The van der Waals surface area contributed by atoms with E-state index in [1.54, 1.807) is 35.2 Å². The quantitative estimate of drug-likeness (QED) is 0.788. The molecule has 0 spiro atoms. The molecule has 1 fully saturated rings. The number of urea groups is 1. The van der Waals surface area contributed by atoms with E-state index in [1.807, 2.05) is 36.2 Å². The van der Waals surface area contributed by atoms with Crippen molar-refractivity contribution in [3.8, 4) is 0 Å². The number of hydrogen-bond acceptors (Lipinski definition) is 4. The summed E-state index contributed by atoms with van der Waals surface area (Å²) >= 11 is 0. The van der Waals surface area contributed by atoms with Gasteiger partial charge in [-0.25, -0.2) is 9.78 Å². The van der Waals surface area contributed by atoms with Crippen molar-refractivity contribution in [2.75, 3.05) is 49.6 Å². The van der Waals surface area contributed by atoms with Crippen LogP contribution in [0, 0.1) is 13.8 Å². The zero-order valence-corrected chi connectivity index (χ0v) is 17.7. The number of hydrogen-bond donors (Lipinski definition) is 0. The fraction of sp³-hybridized carbons (Fsp3) is 0.348. The molecule has 0 radical (unpaired) electrons. The normalized spacial score (nSPS) is 17.0. The van der Waals surface area contributed by atoms with Crippen molar-refractivity contribution in [1.82, 2.24) is 14.8 Å². The number of aryl methyl sites for hydroxylation is 2. The van der Waals surface area contributed by atoms with Crippen molar-refractivity contribution in [1.29, 1.82) is 0 Å². The third-order valence-electron chi connectivity index (χ3n) is 5.61. The van der Waals surface area contributed by atoms with Gasteiger partial charge in [-0.05, 0) is 55.3 Å². The first-order chi connectivity index (χ1) is 14.4. The highest BCUT2D eigenvalue weighted by atomic mass is 16.2. The summed E-state index contributed by atoms with van der Waals surface area (Å²) in [6.45, 7) is 7.58. The van der Waals surface area contributed by atoms with E-state index in [0.29, 0.717) is 25.2 Å². The molecule has 2 aromatic rings. The zero-order chi connectivity index (χ0) is 21.3. The lowest BCUT2D eigenvalue weighted by molar-refractivity contribution is 0.0746. The highest BCUT2D eigenvalue weighted by molar-refractivity contribution is 5.97. The van der Waals surface area contributed by atoms with Gasteiger partial charge in [-0.15, -0.1) is 0 Å². The Hall–Kier alpha value is -3.35. The minimum Gasteiger partial charge on any atom is -0.353 e. The van der Waals surface area contributed by atoms with Gasteiger partial charge in [-0.3, -0.25) is 9.69 Å². The van der Waals surface area contributed by atoms with Crippen LogP contribution in [0.4, 0.5) is 16.3 Å². The van der Waals surface area contributed by atoms with Crippen LogP contribution in [0.1, 0.15) is 21.5 Å². The minimum absolute atomic E-state index is 0.0208. The van der Waals surface area contributed by atoms with Crippen LogP contribution in [-0.2, 0) is 0 Å². The molecule has 0 unspecified atom stereocenters. The van der Waals surface area contributed by atoms with Crippen LogP contribution in [0.25, 0.3) is 0 Å². The highest BCUT2D eigenvalue weighted by Gasteiger charge is 2.25. The Labute approximate surface area is 177 Å². The smallest absolute Gasteiger partial charge is 0.328 e. The van der Waals surface area contributed by atoms with Gasteiger partial charge in [0.25, 0.3) is 5.91 Å². The van der Waals surface area contributed by atoms with Gasteiger partial charge in [-0.2, -0.15) is 0 Å². The van der Waals surface area contributed by atoms with Crippen LogP contribution in [0.5, 0.6) is 0 Å². The van der Waals surface area contributed by atoms with Gasteiger partial charge in [0.05, 0.1) is 5.69 Å². The number of nitrogens with zero attached hydrogens (tertiary/aromatic N) is 5. The van der Waals surface area contributed by atoms with Gasteiger partial charge in [0.15, 0.2) is 0 Å². The van der Waals surface area contributed by atoms with E-state index in [1.165, 1.54) is 0 Å². The standard InChI is InChI=1S/C23H27N5O2/c1-17-15-18(2)21(24-16-17)26-11-13-27(14-12-26)22(29)19-5-7-20(8-6-19)28-10-4-9-25(3)23(28)30/h4-8,10,15-16H,9,11-14H2,1-3H3. The summed E-state index contributed by atoms with van der Waals surface area (Å²) in [7, 11) is 1.77. The molecule has 0 atom stereocenters. The lowest BCUT2D eigenvalue weighted by Gasteiger charge is -2.36. The molecule has 7 nitrogen and oxygen atoms in total. The molecular weight excluding hydrogens is 378 g/mol. The third kappa shape index (κ3) is 3.87. The molecule has 3 heterocycles. The molecule has 1 aromatic heterocycles. The van der Waals surface area contributed by atoms with E-state index in [2.05, 4.69) is 22.9 Å². The number of piperazine rings is 1. The van der Waals surface area contributed by atoms with E-state index in [-0.39, 0.29) is 11.9 Å². The second kappa shape index (κ2) is 8.18. The maximum Gasteiger partial charge on any atom is 0.328 e. The number of amides is 3. The topological polar surface area (TPSA) is 60.0 Å². The van der Waals surface area contributed by atoms with E-state index in [9.17, 15) is 9.59 Å². The van der Waals surface area contributed by atoms with Crippen LogP contribution in [0.2, 0.25) is 0 Å². The Kier molecular flexibility index (Phi) is 5.44. The first-order valence-electron chi connectivity index (χ1n) is 10.2. The molecule has 7 heteroatoms. The molecule has 0 bridgehead atoms. The fourth-order valence-corrected chi connectivity index (χ4v) is 3.94. The Morgan fingerprint density at radius 1 is 1.03 bits per heavy atom. The number of likely N-dealkylation sites (N-methyl/N-ethyl adjacent to an activating group) is 1. The van der Waals surface area contributed by atoms with E-state index in [0.717, 1.165) is 35.7 Å². The summed E-state index contributed by atoms with van der Waals surface area (Å²) in [5.41, 5.74) is 3.71. The molecule has 2 aliphatic heterocycles. The maximum absolute atomic E-state index is 12.9. The van der Waals surface area contributed by atoms with Gasteiger partial charge < -0.3 is 14.7 Å². The molecule has 0 N–H and O–H groups in total. The second-order valence-electron chi connectivity index (χ2n) is 7.90. The van der Waals surface area contributed by atoms with Crippen molar-refractivity contribution < 1.29 is 9.59 Å². The summed E-state index contributed by atoms with van der Waals surface area (Å²) in [4.78, 5) is 37.2.